The minimum Gasteiger partial charge on any atom is -0.480 e. The highest BCUT2D eigenvalue weighted by Gasteiger charge is 2.15. The predicted octanol–water partition coefficient (Wildman–Crippen LogP) is 0.465. The van der Waals surface area contributed by atoms with Crippen molar-refractivity contribution in [2.75, 3.05) is 13.7 Å². The molecular formula is C16H17N5O4. The van der Waals surface area contributed by atoms with E-state index in [1.807, 2.05) is 0 Å². The van der Waals surface area contributed by atoms with E-state index in [1.165, 1.54) is 15.6 Å². The molecule has 0 aliphatic carbocycles. The molecule has 0 radical (unpaired) electrons. The van der Waals surface area contributed by atoms with E-state index in [-0.39, 0.29) is 12.1 Å². The lowest BCUT2D eigenvalue weighted by Gasteiger charge is -2.05. The predicted molar refractivity (Wildman–Crippen MR) is 89.2 cm³/mol. The van der Waals surface area contributed by atoms with Gasteiger partial charge in [-0.15, -0.1) is 0 Å². The van der Waals surface area contributed by atoms with Crippen molar-refractivity contribution in [1.29, 1.82) is 0 Å². The maximum Gasteiger partial charge on any atom is 0.325 e. The summed E-state index contributed by atoms with van der Waals surface area (Å²) in [5, 5.41) is 13.8. The summed E-state index contributed by atoms with van der Waals surface area (Å²) in [5.74, 6) is -0.106. The molecule has 2 heterocycles. The summed E-state index contributed by atoms with van der Waals surface area (Å²) in [5.41, 5.74) is 1.01. The number of hydrogen-bond acceptors (Lipinski definition) is 6. The zero-order chi connectivity index (χ0) is 18.0. The molecule has 0 spiro atoms. The van der Waals surface area contributed by atoms with Crippen molar-refractivity contribution in [2.45, 2.75) is 13.0 Å². The standard InChI is InChI=1S/C16H17N5O4/c1-20-9-17-12-7-10(3-4-11(12)16(20)24)15-18-13(5-6-25-2)19-21(15)8-14(22)23/h3-4,7,9H,5-6,8H2,1-2H3,(H,22,23). The normalized spacial score (nSPS) is 11.1. The first-order valence-electron chi connectivity index (χ1n) is 7.60. The zero-order valence-electron chi connectivity index (χ0n) is 13.8. The summed E-state index contributed by atoms with van der Waals surface area (Å²) in [6.45, 7) is 0.128. The summed E-state index contributed by atoms with van der Waals surface area (Å²) < 4.78 is 7.74. The fourth-order valence-corrected chi connectivity index (χ4v) is 2.49. The monoisotopic (exact) mass is 343 g/mol. The number of benzene rings is 1. The van der Waals surface area contributed by atoms with Gasteiger partial charge in [-0.2, -0.15) is 5.10 Å². The van der Waals surface area contributed by atoms with E-state index in [1.54, 1.807) is 32.4 Å². The number of ether oxygens (including phenoxy) is 1. The van der Waals surface area contributed by atoms with Gasteiger partial charge < -0.3 is 14.4 Å². The second-order valence-corrected chi connectivity index (χ2v) is 5.54. The highest BCUT2D eigenvalue weighted by Crippen LogP contribution is 2.21. The molecule has 0 amide bonds. The number of carboxylic acid groups (broad SMARTS) is 1. The third-order valence-corrected chi connectivity index (χ3v) is 3.71. The van der Waals surface area contributed by atoms with Gasteiger partial charge in [-0.1, -0.05) is 6.07 Å². The Balaban J connectivity index is 2.09. The fraction of sp³-hybridized carbons (Fsp3) is 0.312. The third-order valence-electron chi connectivity index (χ3n) is 3.71. The lowest BCUT2D eigenvalue weighted by molar-refractivity contribution is -0.137. The van der Waals surface area contributed by atoms with Gasteiger partial charge in [-0.25, -0.2) is 14.6 Å². The van der Waals surface area contributed by atoms with Gasteiger partial charge in [-0.05, 0) is 12.1 Å². The van der Waals surface area contributed by atoms with Gasteiger partial charge in [0, 0.05) is 26.1 Å². The van der Waals surface area contributed by atoms with Gasteiger partial charge in [0.05, 0.1) is 23.8 Å². The third kappa shape index (κ3) is 3.41. The number of aliphatic carboxylic acids is 1. The van der Waals surface area contributed by atoms with Crippen LogP contribution in [0.1, 0.15) is 5.82 Å². The van der Waals surface area contributed by atoms with Crippen molar-refractivity contribution >= 4 is 16.9 Å². The highest BCUT2D eigenvalue weighted by atomic mass is 16.5. The molecule has 0 aliphatic rings. The fourth-order valence-electron chi connectivity index (χ4n) is 2.49. The number of fused-ring (bicyclic) bond motifs is 1. The van der Waals surface area contributed by atoms with E-state index < -0.39 is 5.97 Å². The molecule has 1 aromatic carbocycles. The molecule has 0 saturated heterocycles. The van der Waals surface area contributed by atoms with Crippen LogP contribution >= 0.6 is 0 Å². The number of nitrogens with zero attached hydrogens (tertiary/aromatic N) is 5. The Bertz CT molecular complexity index is 992. The lowest BCUT2D eigenvalue weighted by atomic mass is 10.1. The van der Waals surface area contributed by atoms with E-state index in [4.69, 9.17) is 9.84 Å². The molecule has 9 nitrogen and oxygen atoms in total. The average Bonchev–Trinajstić information content (AvgIpc) is 2.98. The Morgan fingerprint density at radius 1 is 1.36 bits per heavy atom. The van der Waals surface area contributed by atoms with Gasteiger partial charge in [0.25, 0.3) is 5.56 Å². The molecule has 0 saturated carbocycles. The number of aryl methyl sites for hydroxylation is 1. The molecule has 25 heavy (non-hydrogen) atoms. The highest BCUT2D eigenvalue weighted by molar-refractivity contribution is 5.82. The molecule has 0 aliphatic heterocycles. The van der Waals surface area contributed by atoms with Gasteiger partial charge in [0.15, 0.2) is 11.6 Å². The van der Waals surface area contributed by atoms with Crippen molar-refractivity contribution in [1.82, 2.24) is 24.3 Å². The molecule has 2 aromatic heterocycles. The summed E-state index contributed by atoms with van der Waals surface area (Å²) in [7, 11) is 3.21. The molecule has 0 fully saturated rings. The average molecular weight is 343 g/mol. The molecule has 0 unspecified atom stereocenters. The molecule has 9 heteroatoms. The van der Waals surface area contributed by atoms with E-state index in [0.717, 1.165) is 0 Å². The SMILES string of the molecule is COCCc1nc(-c2ccc3c(=O)n(C)cnc3c2)n(CC(=O)O)n1. The summed E-state index contributed by atoms with van der Waals surface area (Å²) in [4.78, 5) is 31.9. The number of rotatable bonds is 6. The van der Waals surface area contributed by atoms with E-state index in [2.05, 4.69) is 15.1 Å². The molecule has 3 aromatic rings. The zero-order valence-corrected chi connectivity index (χ0v) is 13.8. The van der Waals surface area contributed by atoms with Crippen LogP contribution in [0.15, 0.2) is 29.3 Å². The Morgan fingerprint density at radius 3 is 2.88 bits per heavy atom. The van der Waals surface area contributed by atoms with Crippen molar-refractivity contribution < 1.29 is 14.6 Å². The van der Waals surface area contributed by atoms with E-state index in [9.17, 15) is 9.59 Å². The maximum atomic E-state index is 12.1. The maximum absolute atomic E-state index is 12.1. The lowest BCUT2D eigenvalue weighted by Crippen LogP contribution is -2.17. The van der Waals surface area contributed by atoms with Crippen LogP contribution in [-0.4, -0.2) is 49.1 Å². The van der Waals surface area contributed by atoms with Crippen LogP contribution in [0, 0.1) is 0 Å². The first-order valence-corrected chi connectivity index (χ1v) is 7.60. The molecule has 0 bridgehead atoms. The van der Waals surface area contributed by atoms with Crippen LogP contribution in [0.2, 0.25) is 0 Å². The van der Waals surface area contributed by atoms with Crippen LogP contribution in [-0.2, 0) is 29.5 Å². The smallest absolute Gasteiger partial charge is 0.325 e. The quantitative estimate of drug-likeness (QED) is 0.692. The minimum absolute atomic E-state index is 0.149. The number of carboxylic acids is 1. The Hall–Kier alpha value is -3.07. The van der Waals surface area contributed by atoms with Crippen LogP contribution in [0.25, 0.3) is 22.3 Å². The van der Waals surface area contributed by atoms with Crippen molar-refractivity contribution in [3.05, 3.63) is 40.7 Å². The number of aromatic nitrogens is 5. The largest absolute Gasteiger partial charge is 0.480 e. The topological polar surface area (TPSA) is 112 Å². The first-order chi connectivity index (χ1) is 12.0. The Labute approximate surface area is 142 Å². The van der Waals surface area contributed by atoms with Crippen molar-refractivity contribution in [2.24, 2.45) is 7.05 Å². The van der Waals surface area contributed by atoms with Gasteiger partial charge in [0.2, 0.25) is 0 Å². The van der Waals surface area contributed by atoms with Gasteiger partial charge in [-0.3, -0.25) is 9.59 Å². The van der Waals surface area contributed by atoms with Gasteiger partial charge in [0.1, 0.15) is 6.54 Å². The van der Waals surface area contributed by atoms with Crippen LogP contribution in [0.5, 0.6) is 0 Å². The number of hydrogen-bond donors (Lipinski definition) is 1. The molecule has 1 N–H and O–H groups in total. The van der Waals surface area contributed by atoms with E-state index in [0.29, 0.717) is 41.1 Å². The second kappa shape index (κ2) is 6.81. The number of methoxy groups -OCH3 is 1. The molecule has 3 rings (SSSR count). The Morgan fingerprint density at radius 2 is 2.16 bits per heavy atom. The summed E-state index contributed by atoms with van der Waals surface area (Å²) >= 11 is 0. The van der Waals surface area contributed by atoms with Gasteiger partial charge >= 0.3 is 5.97 Å². The van der Waals surface area contributed by atoms with Crippen LogP contribution < -0.4 is 5.56 Å². The summed E-state index contributed by atoms with van der Waals surface area (Å²) in [6, 6.07) is 5.09. The molecular weight excluding hydrogens is 326 g/mol. The first kappa shape index (κ1) is 16.8. The molecule has 0 atom stereocenters. The Kier molecular flexibility index (Phi) is 4.57. The van der Waals surface area contributed by atoms with E-state index >= 15 is 0 Å². The van der Waals surface area contributed by atoms with Crippen LogP contribution in [0.4, 0.5) is 0 Å². The number of carbonyl (C=O) groups is 1. The molecule has 130 valence electrons. The minimum atomic E-state index is -1.02. The summed E-state index contributed by atoms with van der Waals surface area (Å²) in [6.07, 6.45) is 1.92. The second-order valence-electron chi connectivity index (χ2n) is 5.54. The van der Waals surface area contributed by atoms with Crippen molar-refractivity contribution in [3.63, 3.8) is 0 Å². The van der Waals surface area contributed by atoms with Crippen molar-refractivity contribution in [3.8, 4) is 11.4 Å². The van der Waals surface area contributed by atoms with Crippen LogP contribution in [0.3, 0.4) is 0 Å².